The Labute approximate surface area is 208 Å². The van der Waals surface area contributed by atoms with Gasteiger partial charge in [-0.05, 0) is 79.4 Å². The van der Waals surface area contributed by atoms with Crippen molar-refractivity contribution in [1.82, 2.24) is 0 Å². The number of anilines is 1. The number of amides is 1. The van der Waals surface area contributed by atoms with E-state index in [-0.39, 0.29) is 5.91 Å². The minimum absolute atomic E-state index is 0.0127. The Morgan fingerprint density at radius 1 is 0.800 bits per heavy atom. The maximum atomic E-state index is 13.7. The predicted molar refractivity (Wildman–Crippen MR) is 146 cm³/mol. The molecule has 0 unspecified atom stereocenters. The highest BCUT2D eigenvalue weighted by Gasteiger charge is 2.20. The lowest BCUT2D eigenvalue weighted by Crippen LogP contribution is -2.31. The molecule has 0 spiro atoms. The molecule has 0 saturated carbocycles. The van der Waals surface area contributed by atoms with Crippen LogP contribution in [0, 0.1) is 20.8 Å². The van der Waals surface area contributed by atoms with Crippen molar-refractivity contribution >= 4 is 23.7 Å². The van der Waals surface area contributed by atoms with Gasteiger partial charge < -0.3 is 9.64 Å². The van der Waals surface area contributed by atoms with E-state index in [4.69, 9.17) is 4.74 Å². The van der Waals surface area contributed by atoms with Crippen molar-refractivity contribution in [1.29, 1.82) is 0 Å². The SMILES string of the molecule is COc1ccc(C=Cc2cc(C)cc(C)c2CN(C(=O)c2ccc(C)cc2)c2ccccc2)cc1. The molecular weight excluding hydrogens is 430 g/mol. The maximum absolute atomic E-state index is 13.7. The molecule has 176 valence electrons. The van der Waals surface area contributed by atoms with Gasteiger partial charge in [-0.3, -0.25) is 4.79 Å². The van der Waals surface area contributed by atoms with Crippen molar-refractivity contribution in [3.05, 3.63) is 130 Å². The predicted octanol–water partition coefficient (Wildman–Crippen LogP) is 7.64. The summed E-state index contributed by atoms with van der Waals surface area (Å²) in [6.07, 6.45) is 4.24. The van der Waals surface area contributed by atoms with Crippen LogP contribution in [0.3, 0.4) is 0 Å². The first-order valence-corrected chi connectivity index (χ1v) is 11.8. The van der Waals surface area contributed by atoms with Crippen LogP contribution in [0.15, 0.2) is 91.0 Å². The van der Waals surface area contributed by atoms with E-state index in [1.165, 1.54) is 5.56 Å². The van der Waals surface area contributed by atoms with Gasteiger partial charge in [-0.25, -0.2) is 0 Å². The monoisotopic (exact) mass is 461 g/mol. The lowest BCUT2D eigenvalue weighted by Gasteiger charge is -2.25. The van der Waals surface area contributed by atoms with E-state index >= 15 is 0 Å². The van der Waals surface area contributed by atoms with Crippen LogP contribution in [-0.2, 0) is 6.54 Å². The minimum Gasteiger partial charge on any atom is -0.497 e. The highest BCUT2D eigenvalue weighted by Crippen LogP contribution is 2.26. The number of methoxy groups -OCH3 is 1. The fourth-order valence-electron chi connectivity index (χ4n) is 4.19. The van der Waals surface area contributed by atoms with Crippen LogP contribution in [0.25, 0.3) is 12.2 Å². The number of carbonyl (C=O) groups is 1. The van der Waals surface area contributed by atoms with Gasteiger partial charge in [0.2, 0.25) is 0 Å². The van der Waals surface area contributed by atoms with Crippen LogP contribution in [0.5, 0.6) is 5.75 Å². The fourth-order valence-corrected chi connectivity index (χ4v) is 4.19. The summed E-state index contributed by atoms with van der Waals surface area (Å²) in [7, 11) is 1.67. The van der Waals surface area contributed by atoms with Crippen molar-refractivity contribution in [3.8, 4) is 5.75 Å². The summed E-state index contributed by atoms with van der Waals surface area (Å²) in [6.45, 7) is 6.73. The largest absolute Gasteiger partial charge is 0.497 e. The van der Waals surface area contributed by atoms with Crippen molar-refractivity contribution in [2.24, 2.45) is 0 Å². The molecule has 0 radical (unpaired) electrons. The van der Waals surface area contributed by atoms with Crippen molar-refractivity contribution in [2.45, 2.75) is 27.3 Å². The highest BCUT2D eigenvalue weighted by atomic mass is 16.5. The fraction of sp³-hybridized carbons (Fsp3) is 0.156. The molecule has 4 aromatic carbocycles. The number of ether oxygens (including phenoxy) is 1. The number of rotatable bonds is 7. The Bertz CT molecular complexity index is 1320. The quantitative estimate of drug-likeness (QED) is 0.265. The number of para-hydroxylation sites is 1. The van der Waals surface area contributed by atoms with Gasteiger partial charge in [0.15, 0.2) is 0 Å². The number of benzene rings is 4. The second kappa shape index (κ2) is 10.9. The van der Waals surface area contributed by atoms with E-state index in [1.54, 1.807) is 7.11 Å². The number of nitrogens with zero attached hydrogens (tertiary/aromatic N) is 1. The third kappa shape index (κ3) is 5.88. The second-order valence-electron chi connectivity index (χ2n) is 8.85. The molecule has 0 bridgehead atoms. The van der Waals surface area contributed by atoms with E-state index < -0.39 is 0 Å². The molecule has 0 atom stereocenters. The van der Waals surface area contributed by atoms with Gasteiger partial charge in [0, 0.05) is 11.3 Å². The first-order chi connectivity index (χ1) is 16.9. The summed E-state index contributed by atoms with van der Waals surface area (Å²) in [5.74, 6) is 0.823. The molecule has 4 aromatic rings. The smallest absolute Gasteiger partial charge is 0.258 e. The molecule has 3 heteroatoms. The number of aryl methyl sites for hydroxylation is 3. The van der Waals surface area contributed by atoms with Gasteiger partial charge in [0.05, 0.1) is 13.7 Å². The van der Waals surface area contributed by atoms with Gasteiger partial charge in [-0.15, -0.1) is 0 Å². The Morgan fingerprint density at radius 2 is 1.49 bits per heavy atom. The Morgan fingerprint density at radius 3 is 2.14 bits per heavy atom. The molecule has 4 rings (SSSR count). The minimum atomic E-state index is -0.0127. The molecular formula is C32H31NO2. The van der Waals surface area contributed by atoms with Crippen LogP contribution < -0.4 is 9.64 Å². The van der Waals surface area contributed by atoms with E-state index in [9.17, 15) is 4.79 Å². The zero-order valence-electron chi connectivity index (χ0n) is 20.8. The number of carbonyl (C=O) groups excluding carboxylic acids is 1. The van der Waals surface area contributed by atoms with Crippen LogP contribution >= 0.6 is 0 Å². The third-order valence-corrected chi connectivity index (χ3v) is 6.15. The number of hydrogen-bond acceptors (Lipinski definition) is 2. The normalized spacial score (nSPS) is 11.0. The maximum Gasteiger partial charge on any atom is 0.258 e. The van der Waals surface area contributed by atoms with Gasteiger partial charge in [-0.1, -0.05) is 77.9 Å². The average molecular weight is 462 g/mol. The summed E-state index contributed by atoms with van der Waals surface area (Å²) in [4.78, 5) is 15.6. The van der Waals surface area contributed by atoms with Gasteiger partial charge in [-0.2, -0.15) is 0 Å². The topological polar surface area (TPSA) is 29.5 Å². The van der Waals surface area contributed by atoms with Crippen molar-refractivity contribution in [2.75, 3.05) is 12.0 Å². The molecule has 0 heterocycles. The van der Waals surface area contributed by atoms with Crippen molar-refractivity contribution < 1.29 is 9.53 Å². The van der Waals surface area contributed by atoms with Gasteiger partial charge >= 0.3 is 0 Å². The van der Waals surface area contributed by atoms with E-state index in [1.807, 2.05) is 90.7 Å². The van der Waals surface area contributed by atoms with E-state index in [0.29, 0.717) is 12.1 Å². The zero-order chi connectivity index (χ0) is 24.8. The van der Waals surface area contributed by atoms with Crippen LogP contribution in [0.1, 0.15) is 43.7 Å². The first-order valence-electron chi connectivity index (χ1n) is 11.8. The molecule has 0 aliphatic rings. The lowest BCUT2D eigenvalue weighted by atomic mass is 9.96. The first kappa shape index (κ1) is 24.0. The summed E-state index contributed by atoms with van der Waals surface area (Å²) in [5, 5.41) is 0. The molecule has 35 heavy (non-hydrogen) atoms. The summed E-state index contributed by atoms with van der Waals surface area (Å²) < 4.78 is 5.27. The third-order valence-electron chi connectivity index (χ3n) is 6.15. The standard InChI is InChI=1S/C32H31NO2/c1-23-10-15-27(16-11-23)32(34)33(29-8-6-5-7-9-29)22-31-25(3)20-24(2)21-28(31)17-12-26-13-18-30(35-4)19-14-26/h5-21H,22H2,1-4H3. The molecule has 3 nitrogen and oxygen atoms in total. The molecule has 0 aliphatic carbocycles. The summed E-state index contributed by atoms with van der Waals surface area (Å²) in [6, 6.07) is 30.0. The highest BCUT2D eigenvalue weighted by molar-refractivity contribution is 6.06. The summed E-state index contributed by atoms with van der Waals surface area (Å²) >= 11 is 0. The Balaban J connectivity index is 1.72. The molecule has 0 saturated heterocycles. The van der Waals surface area contributed by atoms with Gasteiger partial charge in [0.1, 0.15) is 5.75 Å². The van der Waals surface area contributed by atoms with Crippen LogP contribution in [0.4, 0.5) is 5.69 Å². The Kier molecular flexibility index (Phi) is 7.47. The zero-order valence-corrected chi connectivity index (χ0v) is 20.8. The van der Waals surface area contributed by atoms with Crippen molar-refractivity contribution in [3.63, 3.8) is 0 Å². The molecule has 0 aliphatic heterocycles. The average Bonchev–Trinajstić information content (AvgIpc) is 2.88. The molecule has 0 fully saturated rings. The summed E-state index contributed by atoms with van der Waals surface area (Å²) in [5.41, 5.74) is 8.37. The number of hydrogen-bond donors (Lipinski definition) is 0. The lowest BCUT2D eigenvalue weighted by molar-refractivity contribution is 0.0985. The van der Waals surface area contributed by atoms with Crippen LogP contribution in [0.2, 0.25) is 0 Å². The van der Waals surface area contributed by atoms with E-state index in [0.717, 1.165) is 39.3 Å². The second-order valence-corrected chi connectivity index (χ2v) is 8.85. The molecule has 0 N–H and O–H groups in total. The van der Waals surface area contributed by atoms with Gasteiger partial charge in [0.25, 0.3) is 5.91 Å². The van der Waals surface area contributed by atoms with E-state index in [2.05, 4.69) is 38.1 Å². The molecule has 1 amide bonds. The van der Waals surface area contributed by atoms with Crippen LogP contribution in [-0.4, -0.2) is 13.0 Å². The molecule has 0 aromatic heterocycles. The Hall–Kier alpha value is -4.11.